The van der Waals surface area contributed by atoms with E-state index in [2.05, 4.69) is 16.0 Å². The quantitative estimate of drug-likeness (QED) is 0.515. The van der Waals surface area contributed by atoms with Gasteiger partial charge in [0.2, 0.25) is 10.0 Å². The van der Waals surface area contributed by atoms with E-state index in [9.17, 15) is 8.42 Å². The Morgan fingerprint density at radius 1 is 1.55 bits per heavy atom. The molecule has 0 rings (SSSR count). The van der Waals surface area contributed by atoms with Crippen molar-refractivity contribution in [1.82, 2.24) is 10.0 Å². The lowest BCUT2D eigenvalue weighted by Gasteiger charge is -2.01. The van der Waals surface area contributed by atoms with E-state index in [1.165, 1.54) is 0 Å². The summed E-state index contributed by atoms with van der Waals surface area (Å²) in [4.78, 5) is 0. The Hall–Kier alpha value is -0.570. The van der Waals surface area contributed by atoms with Crippen molar-refractivity contribution in [2.75, 3.05) is 25.9 Å². The van der Waals surface area contributed by atoms with Crippen LogP contribution < -0.4 is 10.0 Å². The summed E-state index contributed by atoms with van der Waals surface area (Å²) in [5.74, 6) is 2.25. The van der Waals surface area contributed by atoms with Crippen LogP contribution in [0.5, 0.6) is 0 Å². The van der Waals surface area contributed by atoms with Gasteiger partial charge in [-0.25, -0.2) is 13.1 Å². The van der Waals surface area contributed by atoms with E-state index in [4.69, 9.17) is 6.42 Å². The minimum absolute atomic E-state index is 0.0607. The highest BCUT2D eigenvalue weighted by Crippen LogP contribution is 1.79. The molecule has 0 saturated carbocycles. The Balaban J connectivity index is 3.74. The zero-order valence-corrected chi connectivity index (χ0v) is 7.24. The summed E-state index contributed by atoms with van der Waals surface area (Å²) < 4.78 is 24.0. The molecule has 0 bridgehead atoms. The topological polar surface area (TPSA) is 58.2 Å². The summed E-state index contributed by atoms with van der Waals surface area (Å²) in [6, 6.07) is 0. The fourth-order valence-corrected chi connectivity index (χ4v) is 1.38. The van der Waals surface area contributed by atoms with E-state index < -0.39 is 10.0 Å². The van der Waals surface area contributed by atoms with E-state index in [-0.39, 0.29) is 12.3 Å². The van der Waals surface area contributed by atoms with Gasteiger partial charge in [-0.2, -0.15) is 0 Å². The molecule has 0 unspecified atom stereocenters. The normalized spacial score (nSPS) is 10.9. The van der Waals surface area contributed by atoms with Crippen molar-refractivity contribution in [1.29, 1.82) is 0 Å². The van der Waals surface area contributed by atoms with Crippen molar-refractivity contribution in [2.45, 2.75) is 0 Å². The van der Waals surface area contributed by atoms with Gasteiger partial charge in [0.05, 0.1) is 12.3 Å². The van der Waals surface area contributed by atoms with Gasteiger partial charge in [-0.3, -0.25) is 0 Å². The molecule has 11 heavy (non-hydrogen) atoms. The maximum absolute atomic E-state index is 10.9. The van der Waals surface area contributed by atoms with E-state index in [1.54, 1.807) is 7.05 Å². The highest BCUT2D eigenvalue weighted by molar-refractivity contribution is 7.89. The number of nitrogens with one attached hydrogen (secondary N) is 2. The molecule has 4 nitrogen and oxygen atoms in total. The molecular formula is C6H12N2O2S. The highest BCUT2D eigenvalue weighted by Gasteiger charge is 2.06. The zero-order valence-electron chi connectivity index (χ0n) is 6.42. The van der Waals surface area contributed by atoms with Crippen molar-refractivity contribution in [3.05, 3.63) is 0 Å². The van der Waals surface area contributed by atoms with Gasteiger partial charge in [-0.05, 0) is 7.05 Å². The molecular weight excluding hydrogens is 164 g/mol. The Morgan fingerprint density at radius 2 is 2.18 bits per heavy atom. The van der Waals surface area contributed by atoms with E-state index >= 15 is 0 Å². The lowest BCUT2D eigenvalue weighted by molar-refractivity contribution is 0.583. The van der Waals surface area contributed by atoms with Crippen LogP contribution in [0.3, 0.4) is 0 Å². The highest BCUT2D eigenvalue weighted by atomic mass is 32.2. The number of rotatable bonds is 5. The zero-order chi connectivity index (χ0) is 8.74. The molecule has 0 atom stereocenters. The van der Waals surface area contributed by atoms with E-state index in [1.807, 2.05) is 0 Å². The van der Waals surface area contributed by atoms with Crippen LogP contribution in [0.1, 0.15) is 0 Å². The van der Waals surface area contributed by atoms with Crippen molar-refractivity contribution < 1.29 is 8.42 Å². The van der Waals surface area contributed by atoms with Gasteiger partial charge in [-0.1, -0.05) is 5.92 Å². The third-order valence-electron chi connectivity index (χ3n) is 1.01. The van der Waals surface area contributed by atoms with Crippen molar-refractivity contribution in [3.8, 4) is 12.3 Å². The van der Waals surface area contributed by atoms with Crippen molar-refractivity contribution in [3.63, 3.8) is 0 Å². The van der Waals surface area contributed by atoms with Crippen LogP contribution in [0.2, 0.25) is 0 Å². The van der Waals surface area contributed by atoms with Crippen LogP contribution in [0.4, 0.5) is 0 Å². The standard InChI is InChI=1S/C6H12N2O2S/c1-3-4-8-11(9,10)6-5-7-2/h1,7-8H,4-6H2,2H3. The first kappa shape index (κ1) is 10.4. The van der Waals surface area contributed by atoms with Crippen LogP contribution in [-0.4, -0.2) is 34.3 Å². The van der Waals surface area contributed by atoms with Gasteiger partial charge >= 0.3 is 0 Å². The maximum atomic E-state index is 10.9. The SMILES string of the molecule is C#CCNS(=O)(=O)CCNC. The fourth-order valence-electron chi connectivity index (χ4n) is 0.460. The minimum Gasteiger partial charge on any atom is -0.319 e. The Kier molecular flexibility index (Phi) is 4.86. The summed E-state index contributed by atoms with van der Waals surface area (Å²) in [6.45, 7) is 0.492. The van der Waals surface area contributed by atoms with Crippen LogP contribution in [0, 0.1) is 12.3 Å². The summed E-state index contributed by atoms with van der Waals surface area (Å²) in [5.41, 5.74) is 0. The summed E-state index contributed by atoms with van der Waals surface area (Å²) >= 11 is 0. The Bertz CT molecular complexity index is 227. The van der Waals surface area contributed by atoms with Gasteiger partial charge in [0.25, 0.3) is 0 Å². The average molecular weight is 176 g/mol. The smallest absolute Gasteiger partial charge is 0.213 e. The molecule has 64 valence electrons. The maximum Gasteiger partial charge on any atom is 0.213 e. The molecule has 0 spiro atoms. The molecule has 0 aromatic rings. The summed E-state index contributed by atoms with van der Waals surface area (Å²) in [7, 11) is -1.47. The molecule has 0 aliphatic heterocycles. The fraction of sp³-hybridized carbons (Fsp3) is 0.667. The molecule has 5 heteroatoms. The monoisotopic (exact) mass is 176 g/mol. The van der Waals surface area contributed by atoms with Gasteiger partial charge in [0.15, 0.2) is 0 Å². The molecule has 0 amide bonds. The number of hydrogen-bond donors (Lipinski definition) is 2. The van der Waals surface area contributed by atoms with Gasteiger partial charge in [0.1, 0.15) is 0 Å². The third-order valence-corrected chi connectivity index (χ3v) is 2.34. The summed E-state index contributed by atoms with van der Waals surface area (Å²) in [5, 5.41) is 2.73. The lowest BCUT2D eigenvalue weighted by atomic mass is 10.7. The third kappa shape index (κ3) is 5.85. The second-order valence-electron chi connectivity index (χ2n) is 1.95. The van der Waals surface area contributed by atoms with Crippen molar-refractivity contribution in [2.24, 2.45) is 0 Å². The van der Waals surface area contributed by atoms with Gasteiger partial charge in [-0.15, -0.1) is 6.42 Å². The number of sulfonamides is 1. The first-order valence-corrected chi connectivity index (χ1v) is 4.83. The molecule has 0 heterocycles. The largest absolute Gasteiger partial charge is 0.319 e. The van der Waals surface area contributed by atoms with Gasteiger partial charge < -0.3 is 5.32 Å². The second kappa shape index (κ2) is 5.13. The van der Waals surface area contributed by atoms with E-state index in [0.29, 0.717) is 6.54 Å². The lowest BCUT2D eigenvalue weighted by Crippen LogP contribution is -2.30. The van der Waals surface area contributed by atoms with Crippen LogP contribution in [0.25, 0.3) is 0 Å². The number of terminal acetylenes is 1. The molecule has 0 aromatic heterocycles. The molecule has 0 aromatic carbocycles. The Labute approximate surface area is 67.4 Å². The summed E-state index contributed by atoms with van der Waals surface area (Å²) in [6.07, 6.45) is 4.87. The molecule has 2 N–H and O–H groups in total. The predicted molar refractivity (Wildman–Crippen MR) is 44.5 cm³/mol. The van der Waals surface area contributed by atoms with Crippen LogP contribution in [0.15, 0.2) is 0 Å². The Morgan fingerprint density at radius 3 is 2.64 bits per heavy atom. The first-order chi connectivity index (χ1) is 5.12. The van der Waals surface area contributed by atoms with Gasteiger partial charge in [0, 0.05) is 6.54 Å². The molecule has 0 radical (unpaired) electrons. The van der Waals surface area contributed by atoms with Crippen LogP contribution >= 0.6 is 0 Å². The molecule has 0 fully saturated rings. The molecule has 0 aliphatic rings. The second-order valence-corrected chi connectivity index (χ2v) is 3.87. The van der Waals surface area contributed by atoms with E-state index in [0.717, 1.165) is 0 Å². The predicted octanol–water partition coefficient (Wildman–Crippen LogP) is -1.24. The van der Waals surface area contributed by atoms with Crippen molar-refractivity contribution >= 4 is 10.0 Å². The number of hydrogen-bond acceptors (Lipinski definition) is 3. The minimum atomic E-state index is -3.16. The first-order valence-electron chi connectivity index (χ1n) is 3.18. The van der Waals surface area contributed by atoms with Crippen LogP contribution in [-0.2, 0) is 10.0 Å². The average Bonchev–Trinajstić information content (AvgIpc) is 1.97. The molecule has 0 aliphatic carbocycles. The molecule has 0 saturated heterocycles.